The van der Waals surface area contributed by atoms with Crippen LogP contribution in [0.4, 0.5) is 11.4 Å². The van der Waals surface area contributed by atoms with Crippen LogP contribution in [0.3, 0.4) is 0 Å². The maximum atomic E-state index is 13.1. The molecule has 28 heavy (non-hydrogen) atoms. The SMILES string of the molecule is Cc1cc(C(=O)Nc2ccccc2N2CCCC2)c(C)n1Cc1ccccn1. The van der Waals surface area contributed by atoms with Gasteiger partial charge in [0.05, 0.1) is 29.2 Å². The maximum Gasteiger partial charge on any atom is 0.257 e. The van der Waals surface area contributed by atoms with E-state index in [1.54, 1.807) is 6.20 Å². The van der Waals surface area contributed by atoms with Crippen LogP contribution >= 0.6 is 0 Å². The van der Waals surface area contributed by atoms with E-state index in [4.69, 9.17) is 0 Å². The number of hydrogen-bond acceptors (Lipinski definition) is 3. The Kier molecular flexibility index (Phi) is 5.15. The molecule has 1 saturated heterocycles. The van der Waals surface area contributed by atoms with Crippen molar-refractivity contribution < 1.29 is 4.79 Å². The Morgan fingerprint density at radius 3 is 2.57 bits per heavy atom. The Bertz CT molecular complexity index is 972. The molecule has 5 nitrogen and oxygen atoms in total. The monoisotopic (exact) mass is 374 g/mol. The van der Waals surface area contributed by atoms with Crippen LogP contribution in [0.15, 0.2) is 54.7 Å². The second-order valence-electron chi connectivity index (χ2n) is 7.36. The number of aromatic nitrogens is 2. The fourth-order valence-corrected chi connectivity index (χ4v) is 3.93. The standard InChI is InChI=1S/C23H26N4O/c1-17-15-20(18(2)27(17)16-19-9-5-6-12-24-19)23(28)25-21-10-3-4-11-22(21)26-13-7-8-14-26/h3-6,9-12,15H,7-8,13-14,16H2,1-2H3,(H,25,28). The molecule has 0 atom stereocenters. The van der Waals surface area contributed by atoms with Crippen LogP contribution in [0.2, 0.25) is 0 Å². The van der Waals surface area contributed by atoms with Crippen LogP contribution < -0.4 is 10.2 Å². The number of anilines is 2. The number of para-hydroxylation sites is 2. The van der Waals surface area contributed by atoms with Gasteiger partial charge in [-0.2, -0.15) is 0 Å². The van der Waals surface area contributed by atoms with Crippen molar-refractivity contribution in [3.8, 4) is 0 Å². The Labute approximate surface area is 166 Å². The van der Waals surface area contributed by atoms with Gasteiger partial charge in [0.25, 0.3) is 5.91 Å². The van der Waals surface area contributed by atoms with Gasteiger partial charge in [-0.3, -0.25) is 9.78 Å². The van der Waals surface area contributed by atoms with Crippen molar-refractivity contribution in [2.75, 3.05) is 23.3 Å². The van der Waals surface area contributed by atoms with E-state index in [0.29, 0.717) is 12.1 Å². The number of pyridine rings is 1. The number of aryl methyl sites for hydroxylation is 1. The summed E-state index contributed by atoms with van der Waals surface area (Å²) in [5.41, 5.74) is 5.69. The smallest absolute Gasteiger partial charge is 0.257 e. The van der Waals surface area contributed by atoms with Gasteiger partial charge in [-0.25, -0.2) is 0 Å². The lowest BCUT2D eigenvalue weighted by Crippen LogP contribution is -2.21. The third kappa shape index (κ3) is 3.65. The highest BCUT2D eigenvalue weighted by atomic mass is 16.1. The van der Waals surface area contributed by atoms with E-state index in [1.165, 1.54) is 12.8 Å². The molecule has 1 fully saturated rings. The van der Waals surface area contributed by atoms with Crippen LogP contribution in [0, 0.1) is 13.8 Å². The molecule has 1 aromatic carbocycles. The van der Waals surface area contributed by atoms with E-state index < -0.39 is 0 Å². The molecule has 5 heteroatoms. The molecule has 1 amide bonds. The predicted octanol–water partition coefficient (Wildman–Crippen LogP) is 4.40. The van der Waals surface area contributed by atoms with E-state index in [-0.39, 0.29) is 5.91 Å². The normalized spacial score (nSPS) is 13.7. The number of benzene rings is 1. The highest BCUT2D eigenvalue weighted by Gasteiger charge is 2.20. The minimum Gasteiger partial charge on any atom is -0.370 e. The summed E-state index contributed by atoms with van der Waals surface area (Å²) in [5.74, 6) is -0.0629. The molecule has 3 aromatic rings. The van der Waals surface area contributed by atoms with E-state index in [2.05, 4.69) is 25.8 Å². The third-order valence-corrected chi connectivity index (χ3v) is 5.46. The van der Waals surface area contributed by atoms with Crippen molar-refractivity contribution in [2.24, 2.45) is 0 Å². The molecule has 3 heterocycles. The predicted molar refractivity (Wildman–Crippen MR) is 113 cm³/mol. The molecular formula is C23H26N4O. The lowest BCUT2D eigenvalue weighted by Gasteiger charge is -2.21. The summed E-state index contributed by atoms with van der Waals surface area (Å²) >= 11 is 0. The summed E-state index contributed by atoms with van der Waals surface area (Å²) in [4.78, 5) is 19.8. The van der Waals surface area contributed by atoms with Crippen LogP contribution in [0.5, 0.6) is 0 Å². The topological polar surface area (TPSA) is 50.2 Å². The van der Waals surface area contributed by atoms with Crippen molar-refractivity contribution in [1.29, 1.82) is 0 Å². The second-order valence-corrected chi connectivity index (χ2v) is 7.36. The van der Waals surface area contributed by atoms with Crippen molar-refractivity contribution in [2.45, 2.75) is 33.2 Å². The van der Waals surface area contributed by atoms with Crippen molar-refractivity contribution in [1.82, 2.24) is 9.55 Å². The Hall–Kier alpha value is -3.08. The van der Waals surface area contributed by atoms with Crippen molar-refractivity contribution in [3.05, 3.63) is 77.4 Å². The highest BCUT2D eigenvalue weighted by molar-refractivity contribution is 6.07. The molecule has 0 radical (unpaired) electrons. The second kappa shape index (κ2) is 7.89. The molecule has 144 valence electrons. The summed E-state index contributed by atoms with van der Waals surface area (Å²) < 4.78 is 2.14. The fourth-order valence-electron chi connectivity index (χ4n) is 3.93. The van der Waals surface area contributed by atoms with Crippen molar-refractivity contribution in [3.63, 3.8) is 0 Å². The number of carbonyl (C=O) groups excluding carboxylic acids is 1. The van der Waals surface area contributed by atoms with E-state index in [9.17, 15) is 4.79 Å². The molecule has 2 aromatic heterocycles. The molecule has 1 N–H and O–H groups in total. The van der Waals surface area contributed by atoms with E-state index in [1.807, 2.05) is 56.3 Å². The van der Waals surface area contributed by atoms with E-state index in [0.717, 1.165) is 41.5 Å². The van der Waals surface area contributed by atoms with Crippen LogP contribution in [-0.4, -0.2) is 28.5 Å². The minimum absolute atomic E-state index is 0.0629. The summed E-state index contributed by atoms with van der Waals surface area (Å²) in [6.45, 7) is 6.79. The van der Waals surface area contributed by atoms with Crippen LogP contribution in [-0.2, 0) is 6.54 Å². The molecular weight excluding hydrogens is 348 g/mol. The van der Waals surface area contributed by atoms with Gasteiger partial charge < -0.3 is 14.8 Å². The van der Waals surface area contributed by atoms with Crippen LogP contribution in [0.1, 0.15) is 40.3 Å². The highest BCUT2D eigenvalue weighted by Crippen LogP contribution is 2.29. The zero-order valence-electron chi connectivity index (χ0n) is 16.5. The average molecular weight is 374 g/mol. The van der Waals surface area contributed by atoms with Gasteiger partial charge in [0.15, 0.2) is 0 Å². The number of rotatable bonds is 5. The van der Waals surface area contributed by atoms with Gasteiger partial charge in [0.2, 0.25) is 0 Å². The zero-order valence-corrected chi connectivity index (χ0v) is 16.5. The quantitative estimate of drug-likeness (QED) is 0.720. The number of nitrogens with zero attached hydrogens (tertiary/aromatic N) is 3. The van der Waals surface area contributed by atoms with Gasteiger partial charge in [0.1, 0.15) is 0 Å². The first-order chi connectivity index (χ1) is 13.6. The Balaban J connectivity index is 1.57. The minimum atomic E-state index is -0.0629. The third-order valence-electron chi connectivity index (χ3n) is 5.46. The Morgan fingerprint density at radius 1 is 1.07 bits per heavy atom. The summed E-state index contributed by atoms with van der Waals surface area (Å²) in [6.07, 6.45) is 4.21. The van der Waals surface area contributed by atoms with Gasteiger partial charge in [-0.05, 0) is 57.0 Å². The lowest BCUT2D eigenvalue weighted by molar-refractivity contribution is 0.102. The van der Waals surface area contributed by atoms with Crippen LogP contribution in [0.25, 0.3) is 0 Å². The number of nitrogens with one attached hydrogen (secondary N) is 1. The Morgan fingerprint density at radius 2 is 1.82 bits per heavy atom. The first kappa shape index (κ1) is 18.3. The molecule has 4 rings (SSSR count). The molecule has 0 unspecified atom stereocenters. The first-order valence-corrected chi connectivity index (χ1v) is 9.85. The summed E-state index contributed by atoms with van der Waals surface area (Å²) in [6, 6.07) is 15.9. The lowest BCUT2D eigenvalue weighted by atomic mass is 10.2. The molecule has 0 aliphatic carbocycles. The average Bonchev–Trinajstić information content (AvgIpc) is 3.33. The maximum absolute atomic E-state index is 13.1. The van der Waals surface area contributed by atoms with Gasteiger partial charge in [0, 0.05) is 30.7 Å². The zero-order chi connectivity index (χ0) is 19.5. The largest absolute Gasteiger partial charge is 0.370 e. The van der Waals surface area contributed by atoms with Gasteiger partial charge >= 0.3 is 0 Å². The first-order valence-electron chi connectivity index (χ1n) is 9.85. The summed E-state index contributed by atoms with van der Waals surface area (Å²) in [5, 5.41) is 3.14. The van der Waals surface area contributed by atoms with Gasteiger partial charge in [-0.15, -0.1) is 0 Å². The number of hydrogen-bond donors (Lipinski definition) is 1. The molecule has 1 aliphatic rings. The molecule has 1 aliphatic heterocycles. The summed E-state index contributed by atoms with van der Waals surface area (Å²) in [7, 11) is 0. The number of carbonyl (C=O) groups is 1. The van der Waals surface area contributed by atoms with Gasteiger partial charge in [-0.1, -0.05) is 18.2 Å². The molecule has 0 saturated carbocycles. The van der Waals surface area contributed by atoms with E-state index >= 15 is 0 Å². The molecule has 0 bridgehead atoms. The van der Waals surface area contributed by atoms with Crippen molar-refractivity contribution >= 4 is 17.3 Å². The molecule has 0 spiro atoms. The number of amides is 1. The fraction of sp³-hybridized carbons (Fsp3) is 0.304.